The lowest BCUT2D eigenvalue weighted by atomic mass is 10.2. The predicted octanol–water partition coefficient (Wildman–Crippen LogP) is -0.121. The van der Waals surface area contributed by atoms with Gasteiger partial charge in [0.15, 0.2) is 5.82 Å². The predicted molar refractivity (Wildman–Crippen MR) is 64.5 cm³/mol. The summed E-state index contributed by atoms with van der Waals surface area (Å²) in [7, 11) is 4.25. The van der Waals surface area contributed by atoms with E-state index in [1.807, 2.05) is 0 Å². The maximum atomic E-state index is 5.48. The zero-order valence-corrected chi connectivity index (χ0v) is 10.6. The van der Waals surface area contributed by atoms with E-state index in [4.69, 9.17) is 10.3 Å². The van der Waals surface area contributed by atoms with Crippen LogP contribution in [0.5, 0.6) is 0 Å². The first-order valence-electron chi connectivity index (χ1n) is 6.12. The minimum Gasteiger partial charge on any atom is -0.339 e. The molecular formula is C11H21N5O. The van der Waals surface area contributed by atoms with Crippen molar-refractivity contribution in [2.75, 3.05) is 40.3 Å². The summed E-state index contributed by atoms with van der Waals surface area (Å²) in [5.41, 5.74) is 5.48. The second kappa shape index (κ2) is 5.57. The Labute approximate surface area is 102 Å². The second-order valence-corrected chi connectivity index (χ2v) is 4.70. The van der Waals surface area contributed by atoms with Gasteiger partial charge in [-0.25, -0.2) is 0 Å². The number of hydrogen-bond donors (Lipinski definition) is 1. The quantitative estimate of drug-likeness (QED) is 0.793. The van der Waals surface area contributed by atoms with Crippen LogP contribution in [0.3, 0.4) is 0 Å². The number of nitrogens with zero attached hydrogens (tertiary/aromatic N) is 4. The SMILES string of the molecule is CN1CCCN(C)C(c2noc(CCN)n2)C1. The number of aromatic nitrogens is 2. The molecule has 17 heavy (non-hydrogen) atoms. The third kappa shape index (κ3) is 3.02. The molecule has 0 saturated carbocycles. The van der Waals surface area contributed by atoms with Gasteiger partial charge in [0.1, 0.15) is 0 Å². The van der Waals surface area contributed by atoms with Crippen LogP contribution in [0.4, 0.5) is 0 Å². The molecule has 1 fully saturated rings. The van der Waals surface area contributed by atoms with E-state index < -0.39 is 0 Å². The molecule has 1 aliphatic rings. The standard InChI is InChI=1S/C11H21N5O/c1-15-6-3-7-16(2)9(8-15)11-13-10(4-5-12)17-14-11/h9H,3-8,12H2,1-2H3. The molecule has 0 spiro atoms. The van der Waals surface area contributed by atoms with Gasteiger partial charge < -0.3 is 15.2 Å². The largest absolute Gasteiger partial charge is 0.339 e. The summed E-state index contributed by atoms with van der Waals surface area (Å²) in [6, 6.07) is 0.220. The molecule has 6 nitrogen and oxygen atoms in total. The zero-order chi connectivity index (χ0) is 12.3. The van der Waals surface area contributed by atoms with Crippen LogP contribution in [0.1, 0.15) is 24.2 Å². The van der Waals surface area contributed by atoms with E-state index in [9.17, 15) is 0 Å². The van der Waals surface area contributed by atoms with E-state index in [0.717, 1.165) is 25.5 Å². The number of rotatable bonds is 3. The highest BCUT2D eigenvalue weighted by atomic mass is 16.5. The van der Waals surface area contributed by atoms with Crippen LogP contribution < -0.4 is 5.73 Å². The Morgan fingerprint density at radius 3 is 3.00 bits per heavy atom. The average molecular weight is 239 g/mol. The minimum atomic E-state index is 0.220. The second-order valence-electron chi connectivity index (χ2n) is 4.70. The monoisotopic (exact) mass is 239 g/mol. The van der Waals surface area contributed by atoms with E-state index in [1.165, 1.54) is 6.42 Å². The van der Waals surface area contributed by atoms with Crippen molar-refractivity contribution in [2.24, 2.45) is 5.73 Å². The molecule has 96 valence electrons. The number of likely N-dealkylation sites (N-methyl/N-ethyl adjacent to an activating group) is 2. The fourth-order valence-corrected chi connectivity index (χ4v) is 2.18. The van der Waals surface area contributed by atoms with E-state index >= 15 is 0 Å². The first kappa shape index (κ1) is 12.5. The van der Waals surface area contributed by atoms with Crippen LogP contribution in [-0.4, -0.2) is 60.2 Å². The fourth-order valence-electron chi connectivity index (χ4n) is 2.18. The van der Waals surface area contributed by atoms with Crippen molar-refractivity contribution >= 4 is 0 Å². The van der Waals surface area contributed by atoms with Gasteiger partial charge in [-0.3, -0.25) is 4.90 Å². The third-order valence-corrected chi connectivity index (χ3v) is 3.21. The van der Waals surface area contributed by atoms with Crippen LogP contribution in [-0.2, 0) is 6.42 Å². The summed E-state index contributed by atoms with van der Waals surface area (Å²) in [5.74, 6) is 1.42. The summed E-state index contributed by atoms with van der Waals surface area (Å²) in [4.78, 5) is 9.03. The Hall–Kier alpha value is -0.980. The highest BCUT2D eigenvalue weighted by molar-refractivity contribution is 4.97. The summed E-state index contributed by atoms with van der Waals surface area (Å²) in [6.45, 7) is 3.67. The molecule has 1 atom stereocenters. The van der Waals surface area contributed by atoms with Gasteiger partial charge in [-0.1, -0.05) is 5.16 Å². The molecule has 0 bridgehead atoms. The molecule has 2 heterocycles. The lowest BCUT2D eigenvalue weighted by Crippen LogP contribution is -2.31. The van der Waals surface area contributed by atoms with E-state index in [1.54, 1.807) is 0 Å². The molecular weight excluding hydrogens is 218 g/mol. The van der Waals surface area contributed by atoms with Gasteiger partial charge in [-0.15, -0.1) is 0 Å². The average Bonchev–Trinajstić information content (AvgIpc) is 2.67. The molecule has 1 saturated heterocycles. The van der Waals surface area contributed by atoms with Crippen LogP contribution in [0.2, 0.25) is 0 Å². The van der Waals surface area contributed by atoms with Gasteiger partial charge in [0.25, 0.3) is 0 Å². The maximum Gasteiger partial charge on any atom is 0.227 e. The topological polar surface area (TPSA) is 71.4 Å². The summed E-state index contributed by atoms with van der Waals surface area (Å²) < 4.78 is 5.20. The van der Waals surface area contributed by atoms with Crippen molar-refractivity contribution in [1.82, 2.24) is 19.9 Å². The molecule has 1 aliphatic heterocycles. The van der Waals surface area contributed by atoms with Crippen LogP contribution in [0, 0.1) is 0 Å². The molecule has 0 amide bonds. The highest BCUT2D eigenvalue weighted by Gasteiger charge is 2.26. The van der Waals surface area contributed by atoms with Gasteiger partial charge in [0.2, 0.25) is 5.89 Å². The number of hydrogen-bond acceptors (Lipinski definition) is 6. The summed E-state index contributed by atoms with van der Waals surface area (Å²) in [5, 5.41) is 4.08. The first-order chi connectivity index (χ1) is 8.20. The zero-order valence-electron chi connectivity index (χ0n) is 10.6. The van der Waals surface area contributed by atoms with Crippen molar-refractivity contribution in [2.45, 2.75) is 18.9 Å². The van der Waals surface area contributed by atoms with E-state index in [-0.39, 0.29) is 6.04 Å². The first-order valence-corrected chi connectivity index (χ1v) is 6.12. The van der Waals surface area contributed by atoms with Crippen molar-refractivity contribution in [3.05, 3.63) is 11.7 Å². The van der Waals surface area contributed by atoms with Gasteiger partial charge >= 0.3 is 0 Å². The Bertz CT molecular complexity index is 353. The molecule has 1 unspecified atom stereocenters. The smallest absolute Gasteiger partial charge is 0.227 e. The molecule has 2 rings (SSSR count). The molecule has 6 heteroatoms. The van der Waals surface area contributed by atoms with Crippen molar-refractivity contribution < 1.29 is 4.52 Å². The van der Waals surface area contributed by atoms with Crippen LogP contribution in [0.25, 0.3) is 0 Å². The number of nitrogens with two attached hydrogens (primary N) is 1. The van der Waals surface area contributed by atoms with Gasteiger partial charge in [0, 0.05) is 19.5 Å². The molecule has 0 radical (unpaired) electrons. The highest BCUT2D eigenvalue weighted by Crippen LogP contribution is 2.20. The fraction of sp³-hybridized carbons (Fsp3) is 0.818. The van der Waals surface area contributed by atoms with Crippen LogP contribution in [0.15, 0.2) is 4.52 Å². The van der Waals surface area contributed by atoms with Crippen molar-refractivity contribution in [3.8, 4) is 0 Å². The molecule has 2 N–H and O–H groups in total. The third-order valence-electron chi connectivity index (χ3n) is 3.21. The van der Waals surface area contributed by atoms with Crippen molar-refractivity contribution in [1.29, 1.82) is 0 Å². The normalized spacial score (nSPS) is 23.8. The minimum absolute atomic E-state index is 0.220. The van der Waals surface area contributed by atoms with Gasteiger partial charge in [-0.05, 0) is 33.6 Å². The molecule has 1 aromatic rings. The molecule has 1 aromatic heterocycles. The summed E-state index contributed by atoms with van der Waals surface area (Å²) in [6.07, 6.45) is 1.83. The van der Waals surface area contributed by atoms with Gasteiger partial charge in [0.05, 0.1) is 6.04 Å². The van der Waals surface area contributed by atoms with Gasteiger partial charge in [-0.2, -0.15) is 4.98 Å². The van der Waals surface area contributed by atoms with E-state index in [0.29, 0.717) is 18.9 Å². The lowest BCUT2D eigenvalue weighted by molar-refractivity contribution is 0.214. The lowest BCUT2D eigenvalue weighted by Gasteiger charge is -2.24. The molecule has 0 aromatic carbocycles. The Kier molecular flexibility index (Phi) is 4.09. The Morgan fingerprint density at radius 1 is 1.41 bits per heavy atom. The summed E-state index contributed by atoms with van der Waals surface area (Å²) >= 11 is 0. The maximum absolute atomic E-state index is 5.48. The van der Waals surface area contributed by atoms with E-state index in [2.05, 4.69) is 34.0 Å². The Morgan fingerprint density at radius 2 is 2.24 bits per heavy atom. The Balaban J connectivity index is 2.11. The van der Waals surface area contributed by atoms with Crippen LogP contribution >= 0.6 is 0 Å². The van der Waals surface area contributed by atoms with Crippen molar-refractivity contribution in [3.63, 3.8) is 0 Å². The molecule has 0 aliphatic carbocycles.